The maximum Gasteiger partial charge on any atom is 0.140 e. The molecular weight excluding hydrogens is 384 g/mol. The van der Waals surface area contributed by atoms with Crippen LogP contribution in [0.25, 0.3) is 22.0 Å². The Morgan fingerprint density at radius 1 is 1.00 bits per heavy atom. The van der Waals surface area contributed by atoms with Gasteiger partial charge in [0.25, 0.3) is 0 Å². The molecule has 29 heavy (non-hydrogen) atoms. The van der Waals surface area contributed by atoms with Crippen LogP contribution in [0.1, 0.15) is 30.1 Å². The van der Waals surface area contributed by atoms with Gasteiger partial charge in [0.05, 0.1) is 17.8 Å². The first-order chi connectivity index (χ1) is 14.2. The summed E-state index contributed by atoms with van der Waals surface area (Å²) in [5.74, 6) is 0.926. The molecule has 0 unspecified atom stereocenters. The van der Waals surface area contributed by atoms with Crippen molar-refractivity contribution in [3.63, 3.8) is 0 Å². The lowest BCUT2D eigenvalue weighted by Crippen LogP contribution is -2.31. The monoisotopic (exact) mass is 402 g/mol. The van der Waals surface area contributed by atoms with Gasteiger partial charge >= 0.3 is 0 Å². The molecule has 0 N–H and O–H groups in total. The Bertz CT molecular complexity index is 1230. The van der Waals surface area contributed by atoms with Crippen molar-refractivity contribution in [2.75, 3.05) is 11.4 Å². The maximum atomic E-state index is 6.24. The van der Waals surface area contributed by atoms with E-state index in [9.17, 15) is 0 Å². The second-order valence-electron chi connectivity index (χ2n) is 7.80. The first-order valence-electron chi connectivity index (χ1n) is 9.92. The molecular formula is C22H19ClN6. The van der Waals surface area contributed by atoms with Gasteiger partial charge in [-0.05, 0) is 42.7 Å². The summed E-state index contributed by atoms with van der Waals surface area (Å²) in [6.07, 6.45) is 11.0. The van der Waals surface area contributed by atoms with E-state index in [1.54, 1.807) is 6.33 Å². The van der Waals surface area contributed by atoms with Crippen LogP contribution >= 0.6 is 11.6 Å². The predicted molar refractivity (Wildman–Crippen MR) is 113 cm³/mol. The highest BCUT2D eigenvalue weighted by Gasteiger charge is 2.25. The van der Waals surface area contributed by atoms with E-state index < -0.39 is 0 Å². The number of hydrogen-bond acceptors (Lipinski definition) is 5. The second kappa shape index (κ2) is 6.52. The molecule has 0 amide bonds. The molecule has 0 atom stereocenters. The zero-order chi connectivity index (χ0) is 19.4. The Labute approximate surface area is 173 Å². The van der Waals surface area contributed by atoms with Gasteiger partial charge in [0, 0.05) is 59.1 Å². The molecule has 0 spiro atoms. The molecule has 1 aliphatic carbocycles. The fourth-order valence-corrected chi connectivity index (χ4v) is 4.23. The molecule has 1 fully saturated rings. The van der Waals surface area contributed by atoms with Crippen LogP contribution in [0.3, 0.4) is 0 Å². The highest BCUT2D eigenvalue weighted by Crippen LogP contribution is 2.36. The fourth-order valence-electron chi connectivity index (χ4n) is 4.06. The largest absolute Gasteiger partial charge is 0.351 e. The van der Waals surface area contributed by atoms with Crippen molar-refractivity contribution >= 4 is 28.3 Å². The zero-order valence-electron chi connectivity index (χ0n) is 15.8. The summed E-state index contributed by atoms with van der Waals surface area (Å²) >= 11 is 6.24. The van der Waals surface area contributed by atoms with E-state index in [4.69, 9.17) is 16.6 Å². The van der Waals surface area contributed by atoms with Crippen molar-refractivity contribution in [2.45, 2.75) is 31.8 Å². The predicted octanol–water partition coefficient (Wildman–Crippen LogP) is 4.44. The van der Waals surface area contributed by atoms with E-state index in [1.165, 1.54) is 18.4 Å². The summed E-state index contributed by atoms with van der Waals surface area (Å²) in [6, 6.07) is 8.59. The molecule has 3 aromatic heterocycles. The van der Waals surface area contributed by atoms with Gasteiger partial charge in [-0.2, -0.15) is 5.10 Å². The molecule has 1 aromatic carbocycles. The van der Waals surface area contributed by atoms with Gasteiger partial charge < -0.3 is 4.90 Å². The van der Waals surface area contributed by atoms with Crippen molar-refractivity contribution in [1.29, 1.82) is 0 Å². The molecule has 4 aromatic rings. The van der Waals surface area contributed by atoms with Gasteiger partial charge in [-0.1, -0.05) is 11.6 Å². The summed E-state index contributed by atoms with van der Waals surface area (Å²) in [5.41, 5.74) is 5.55. The Morgan fingerprint density at radius 2 is 1.93 bits per heavy atom. The van der Waals surface area contributed by atoms with Crippen molar-refractivity contribution in [2.24, 2.45) is 0 Å². The fraction of sp³-hybridized carbons (Fsp3) is 0.273. The number of benzene rings is 1. The summed E-state index contributed by atoms with van der Waals surface area (Å²) in [5, 5.41) is 6.20. The average Bonchev–Trinajstić information content (AvgIpc) is 3.49. The smallest absolute Gasteiger partial charge is 0.140 e. The number of hydrogen-bond donors (Lipinski definition) is 0. The normalized spacial score (nSPS) is 16.2. The van der Waals surface area contributed by atoms with Crippen molar-refractivity contribution in [3.8, 4) is 11.1 Å². The molecule has 1 aliphatic heterocycles. The highest BCUT2D eigenvalue weighted by molar-refractivity contribution is 6.31. The molecule has 6 nitrogen and oxygen atoms in total. The van der Waals surface area contributed by atoms with Crippen molar-refractivity contribution in [3.05, 3.63) is 65.5 Å². The van der Waals surface area contributed by atoms with Gasteiger partial charge in [0.15, 0.2) is 0 Å². The maximum absolute atomic E-state index is 6.24. The number of anilines is 1. The first-order valence-corrected chi connectivity index (χ1v) is 10.3. The minimum absolute atomic E-state index is 0.586. The van der Waals surface area contributed by atoms with Gasteiger partial charge in [-0.3, -0.25) is 9.67 Å². The highest BCUT2D eigenvalue weighted by atomic mass is 35.5. The van der Waals surface area contributed by atoms with Crippen LogP contribution in [0, 0.1) is 0 Å². The molecule has 0 bridgehead atoms. The minimum atomic E-state index is 0.586. The van der Waals surface area contributed by atoms with Gasteiger partial charge in [0.2, 0.25) is 0 Å². The lowest BCUT2D eigenvalue weighted by Gasteiger charge is -2.30. The number of halogens is 1. The second-order valence-corrected chi connectivity index (χ2v) is 8.24. The van der Waals surface area contributed by atoms with E-state index in [0.29, 0.717) is 11.1 Å². The standard InChI is InChI=1S/C22H19ClN6/c23-17-1-4-21-19(8-17)22(26-13-25-21)28-6-5-20-15(11-28)7-14(9-24-20)16-10-27-29(12-16)18-2-3-18/h1,4,7-10,12-13,18H,2-3,5-6,11H2. The van der Waals surface area contributed by atoms with Crippen LogP contribution in [-0.2, 0) is 13.0 Å². The Hall–Kier alpha value is -2.99. The molecule has 4 heterocycles. The molecule has 7 heteroatoms. The number of aromatic nitrogens is 5. The lowest BCUT2D eigenvalue weighted by molar-refractivity contribution is 0.642. The Kier molecular flexibility index (Phi) is 3.81. The summed E-state index contributed by atoms with van der Waals surface area (Å²) < 4.78 is 2.08. The molecule has 0 saturated heterocycles. The van der Waals surface area contributed by atoms with Gasteiger partial charge in [0.1, 0.15) is 12.1 Å². The van der Waals surface area contributed by atoms with E-state index in [0.717, 1.165) is 53.1 Å². The topological polar surface area (TPSA) is 59.7 Å². The van der Waals surface area contributed by atoms with Gasteiger partial charge in [-0.25, -0.2) is 9.97 Å². The van der Waals surface area contributed by atoms with E-state index in [1.807, 2.05) is 30.6 Å². The van der Waals surface area contributed by atoms with E-state index in [2.05, 4.69) is 36.9 Å². The zero-order valence-corrected chi connectivity index (χ0v) is 16.5. The van der Waals surface area contributed by atoms with Crippen molar-refractivity contribution in [1.82, 2.24) is 24.7 Å². The summed E-state index contributed by atoms with van der Waals surface area (Å²) in [4.78, 5) is 16.0. The van der Waals surface area contributed by atoms with Crippen LogP contribution < -0.4 is 4.90 Å². The van der Waals surface area contributed by atoms with E-state index >= 15 is 0 Å². The Balaban J connectivity index is 1.35. The third-order valence-electron chi connectivity index (χ3n) is 5.77. The third-order valence-corrected chi connectivity index (χ3v) is 6.01. The third kappa shape index (κ3) is 3.04. The average molecular weight is 403 g/mol. The number of pyridine rings is 1. The van der Waals surface area contributed by atoms with Crippen LogP contribution in [0.5, 0.6) is 0 Å². The van der Waals surface area contributed by atoms with Crippen molar-refractivity contribution < 1.29 is 0 Å². The molecule has 0 radical (unpaired) electrons. The van der Waals surface area contributed by atoms with Gasteiger partial charge in [-0.15, -0.1) is 0 Å². The van der Waals surface area contributed by atoms with Crippen LogP contribution in [0.4, 0.5) is 5.82 Å². The minimum Gasteiger partial charge on any atom is -0.351 e. The molecule has 1 saturated carbocycles. The van der Waals surface area contributed by atoms with E-state index in [-0.39, 0.29) is 0 Å². The Morgan fingerprint density at radius 3 is 2.83 bits per heavy atom. The summed E-state index contributed by atoms with van der Waals surface area (Å²) in [6.45, 7) is 1.64. The lowest BCUT2D eigenvalue weighted by atomic mass is 10.0. The molecule has 2 aliphatic rings. The summed E-state index contributed by atoms with van der Waals surface area (Å²) in [7, 11) is 0. The SMILES string of the molecule is Clc1ccc2ncnc(N3CCc4ncc(-c5cnn(C6CC6)c5)cc4C3)c2c1. The first kappa shape index (κ1) is 16.9. The molecule has 144 valence electrons. The number of nitrogens with zero attached hydrogens (tertiary/aromatic N) is 6. The van der Waals surface area contributed by atoms with Crippen LogP contribution in [0.15, 0.2) is 49.2 Å². The quantitative estimate of drug-likeness (QED) is 0.507. The van der Waals surface area contributed by atoms with Crippen LogP contribution in [-0.4, -0.2) is 31.3 Å². The molecule has 6 rings (SSSR count). The van der Waals surface area contributed by atoms with Crippen LogP contribution in [0.2, 0.25) is 5.02 Å². The number of rotatable bonds is 3. The number of fused-ring (bicyclic) bond motifs is 2.